The Hall–Kier alpha value is -1.88. The van der Waals surface area contributed by atoms with Gasteiger partial charge in [0.2, 0.25) is 0 Å². The first-order chi connectivity index (χ1) is 9.66. The summed E-state index contributed by atoms with van der Waals surface area (Å²) < 4.78 is 5.40. The molecule has 1 N–H and O–H groups in total. The van der Waals surface area contributed by atoms with Crippen LogP contribution in [0, 0.1) is 0 Å². The van der Waals surface area contributed by atoms with Gasteiger partial charge in [-0.3, -0.25) is 4.79 Å². The molecule has 2 aliphatic heterocycles. The molecule has 1 unspecified atom stereocenters. The number of rotatable bonds is 2. The van der Waals surface area contributed by atoms with Crippen molar-refractivity contribution in [2.45, 2.75) is 38.0 Å². The smallest absolute Gasteiger partial charge is 0.326 e. The lowest BCUT2D eigenvalue weighted by atomic mass is 9.93. The van der Waals surface area contributed by atoms with Gasteiger partial charge in [0.05, 0.1) is 0 Å². The number of carbonyl (C=O) groups is 2. The highest BCUT2D eigenvalue weighted by molar-refractivity contribution is 5.87. The van der Waals surface area contributed by atoms with E-state index in [1.54, 1.807) is 0 Å². The van der Waals surface area contributed by atoms with Gasteiger partial charge < -0.3 is 14.7 Å². The molecule has 2 aliphatic rings. The first kappa shape index (κ1) is 13.1. The van der Waals surface area contributed by atoms with Gasteiger partial charge in [0.15, 0.2) is 0 Å². The summed E-state index contributed by atoms with van der Waals surface area (Å²) in [6.07, 6.45) is 1.44. The highest BCUT2D eigenvalue weighted by Crippen LogP contribution is 2.26. The van der Waals surface area contributed by atoms with Gasteiger partial charge in [0, 0.05) is 19.6 Å². The molecule has 1 saturated heterocycles. The van der Waals surface area contributed by atoms with Gasteiger partial charge in [-0.1, -0.05) is 24.3 Å². The molecule has 5 nitrogen and oxygen atoms in total. The third-order valence-electron chi connectivity index (χ3n) is 4.02. The summed E-state index contributed by atoms with van der Waals surface area (Å²) in [6.45, 7) is 0.935. The second kappa shape index (κ2) is 5.25. The maximum absolute atomic E-state index is 12.5. The van der Waals surface area contributed by atoms with Gasteiger partial charge >= 0.3 is 5.97 Å². The predicted octanol–water partition coefficient (Wildman–Crippen LogP) is 1.20. The minimum Gasteiger partial charge on any atom is -0.480 e. The molecule has 2 heterocycles. The number of ether oxygens (including phenoxy) is 1. The zero-order valence-corrected chi connectivity index (χ0v) is 11.1. The Morgan fingerprint density at radius 3 is 2.65 bits per heavy atom. The third kappa shape index (κ3) is 2.29. The van der Waals surface area contributed by atoms with E-state index >= 15 is 0 Å². The summed E-state index contributed by atoms with van der Waals surface area (Å²) >= 11 is 0. The van der Waals surface area contributed by atoms with E-state index in [1.165, 1.54) is 4.90 Å². The average molecular weight is 275 g/mol. The fourth-order valence-corrected chi connectivity index (χ4v) is 2.93. The fourth-order valence-electron chi connectivity index (χ4n) is 2.93. The van der Waals surface area contributed by atoms with E-state index in [2.05, 4.69) is 0 Å². The number of carboxylic acid groups (broad SMARTS) is 1. The van der Waals surface area contributed by atoms with Crippen LogP contribution in [0.5, 0.6) is 0 Å². The minimum atomic E-state index is -0.953. The quantitative estimate of drug-likeness (QED) is 0.880. The lowest BCUT2D eigenvalue weighted by Gasteiger charge is -2.35. The van der Waals surface area contributed by atoms with E-state index in [-0.39, 0.29) is 5.91 Å². The van der Waals surface area contributed by atoms with E-state index in [1.807, 2.05) is 24.3 Å². The Kier molecular flexibility index (Phi) is 3.44. The number of hydrogen-bond acceptors (Lipinski definition) is 3. The van der Waals surface area contributed by atoms with E-state index in [0.717, 1.165) is 17.5 Å². The number of hydrogen-bond donors (Lipinski definition) is 1. The molecular weight excluding hydrogens is 258 g/mol. The van der Waals surface area contributed by atoms with Gasteiger partial charge in [-0.25, -0.2) is 4.79 Å². The van der Waals surface area contributed by atoms with E-state index in [9.17, 15) is 14.7 Å². The Labute approximate surface area is 117 Å². The Bertz CT molecular complexity index is 536. The SMILES string of the molecule is O=C(O)[C@@H]1Cc2ccccc2CN1C(=O)C1CCCO1. The van der Waals surface area contributed by atoms with E-state index < -0.39 is 18.1 Å². The van der Waals surface area contributed by atoms with Crippen LogP contribution in [-0.4, -0.2) is 40.6 Å². The zero-order chi connectivity index (χ0) is 14.1. The molecule has 20 heavy (non-hydrogen) atoms. The van der Waals surface area contributed by atoms with E-state index in [4.69, 9.17) is 4.74 Å². The number of carboxylic acids is 1. The highest BCUT2D eigenvalue weighted by Gasteiger charge is 2.38. The largest absolute Gasteiger partial charge is 0.480 e. The van der Waals surface area contributed by atoms with Crippen LogP contribution in [0.4, 0.5) is 0 Å². The molecule has 106 valence electrons. The summed E-state index contributed by atoms with van der Waals surface area (Å²) in [5, 5.41) is 9.39. The molecule has 3 rings (SSSR count). The first-order valence-electron chi connectivity index (χ1n) is 6.88. The van der Waals surface area contributed by atoms with Crippen molar-refractivity contribution in [2.24, 2.45) is 0 Å². The Morgan fingerprint density at radius 2 is 2.00 bits per heavy atom. The Morgan fingerprint density at radius 1 is 1.25 bits per heavy atom. The van der Waals surface area contributed by atoms with Crippen molar-refractivity contribution in [3.63, 3.8) is 0 Å². The van der Waals surface area contributed by atoms with Gasteiger partial charge in [0.1, 0.15) is 12.1 Å². The number of amides is 1. The number of carbonyl (C=O) groups excluding carboxylic acids is 1. The van der Waals surface area contributed by atoms with Crippen LogP contribution in [0.25, 0.3) is 0 Å². The first-order valence-corrected chi connectivity index (χ1v) is 6.88. The lowest BCUT2D eigenvalue weighted by Crippen LogP contribution is -2.51. The highest BCUT2D eigenvalue weighted by atomic mass is 16.5. The molecule has 1 aromatic carbocycles. The van der Waals surface area contributed by atoms with Crippen LogP contribution in [0.3, 0.4) is 0 Å². The lowest BCUT2D eigenvalue weighted by molar-refractivity contribution is -0.156. The van der Waals surface area contributed by atoms with Crippen LogP contribution in [0.2, 0.25) is 0 Å². The number of benzene rings is 1. The maximum atomic E-state index is 12.5. The van der Waals surface area contributed by atoms with Crippen molar-refractivity contribution in [3.05, 3.63) is 35.4 Å². The average Bonchev–Trinajstić information content (AvgIpc) is 2.99. The van der Waals surface area contributed by atoms with Gasteiger partial charge in [-0.05, 0) is 24.0 Å². The molecule has 0 saturated carbocycles. The standard InChI is InChI=1S/C15H17NO4/c17-14(13-6-3-7-20-13)16-9-11-5-2-1-4-10(11)8-12(16)15(18)19/h1-2,4-5,12-13H,3,6-9H2,(H,18,19)/t12-,13?/m0/s1. The second-order valence-electron chi connectivity index (χ2n) is 5.29. The predicted molar refractivity (Wildman–Crippen MR) is 71.1 cm³/mol. The number of aliphatic carboxylic acids is 1. The summed E-state index contributed by atoms with van der Waals surface area (Å²) in [4.78, 5) is 25.4. The molecule has 0 bridgehead atoms. The van der Waals surface area contributed by atoms with Crippen molar-refractivity contribution in [1.82, 2.24) is 4.90 Å². The summed E-state index contributed by atoms with van der Waals surface area (Å²) in [5.41, 5.74) is 2.03. The molecule has 2 atom stereocenters. The summed E-state index contributed by atoms with van der Waals surface area (Å²) in [5.74, 6) is -1.14. The van der Waals surface area contributed by atoms with Crippen molar-refractivity contribution in [2.75, 3.05) is 6.61 Å². The van der Waals surface area contributed by atoms with Gasteiger partial charge in [-0.15, -0.1) is 0 Å². The number of nitrogens with zero attached hydrogens (tertiary/aromatic N) is 1. The molecule has 5 heteroatoms. The van der Waals surface area contributed by atoms with Crippen LogP contribution >= 0.6 is 0 Å². The molecule has 0 spiro atoms. The zero-order valence-electron chi connectivity index (χ0n) is 11.1. The molecule has 1 amide bonds. The van der Waals surface area contributed by atoms with Crippen molar-refractivity contribution < 1.29 is 19.4 Å². The van der Waals surface area contributed by atoms with Crippen molar-refractivity contribution >= 4 is 11.9 Å². The third-order valence-corrected chi connectivity index (χ3v) is 4.02. The topological polar surface area (TPSA) is 66.8 Å². The van der Waals surface area contributed by atoms with Gasteiger partial charge in [-0.2, -0.15) is 0 Å². The molecule has 0 aliphatic carbocycles. The molecule has 1 fully saturated rings. The van der Waals surface area contributed by atoms with Crippen molar-refractivity contribution in [3.8, 4) is 0 Å². The fraction of sp³-hybridized carbons (Fsp3) is 0.467. The molecular formula is C15H17NO4. The van der Waals surface area contributed by atoms with Gasteiger partial charge in [0.25, 0.3) is 5.91 Å². The molecule has 0 radical (unpaired) electrons. The van der Waals surface area contributed by atoms with Crippen LogP contribution in [0.1, 0.15) is 24.0 Å². The normalized spacial score (nSPS) is 25.3. The molecule has 0 aromatic heterocycles. The van der Waals surface area contributed by atoms with Crippen LogP contribution in [-0.2, 0) is 27.3 Å². The second-order valence-corrected chi connectivity index (χ2v) is 5.29. The van der Waals surface area contributed by atoms with Crippen molar-refractivity contribution in [1.29, 1.82) is 0 Å². The monoisotopic (exact) mass is 275 g/mol. The Balaban J connectivity index is 1.88. The van der Waals surface area contributed by atoms with Crippen LogP contribution in [0.15, 0.2) is 24.3 Å². The molecule has 1 aromatic rings. The summed E-state index contributed by atoms with van der Waals surface area (Å²) in [6, 6.07) is 6.90. The minimum absolute atomic E-state index is 0.190. The van der Waals surface area contributed by atoms with Crippen LogP contribution < -0.4 is 0 Å². The van der Waals surface area contributed by atoms with E-state index in [0.29, 0.717) is 26.0 Å². The summed E-state index contributed by atoms with van der Waals surface area (Å²) in [7, 11) is 0. The number of fused-ring (bicyclic) bond motifs is 1. The maximum Gasteiger partial charge on any atom is 0.326 e.